The van der Waals surface area contributed by atoms with Gasteiger partial charge in [-0.3, -0.25) is 9.18 Å². The van der Waals surface area contributed by atoms with Crippen molar-refractivity contribution in [2.75, 3.05) is 19.8 Å². The van der Waals surface area contributed by atoms with Crippen LogP contribution < -0.4 is 10.6 Å². The standard InChI is InChI=1S/C11H21FN2O/c1-9(2)10(15)14-11(3-6-12)4-7-13-8-5-11/h9,13H,3-8H2,1-2H3,(H,14,15). The second-order valence-electron chi connectivity index (χ2n) is 4.61. The predicted molar refractivity (Wildman–Crippen MR) is 58.4 cm³/mol. The van der Waals surface area contributed by atoms with Gasteiger partial charge in [-0.1, -0.05) is 13.8 Å². The molecule has 0 bridgehead atoms. The summed E-state index contributed by atoms with van der Waals surface area (Å²) in [5.41, 5.74) is -0.304. The Morgan fingerprint density at radius 1 is 1.47 bits per heavy atom. The number of carbonyl (C=O) groups excluding carboxylic acids is 1. The lowest BCUT2D eigenvalue weighted by atomic mass is 9.85. The largest absolute Gasteiger partial charge is 0.350 e. The van der Waals surface area contributed by atoms with Gasteiger partial charge in [0.1, 0.15) is 0 Å². The second-order valence-corrected chi connectivity index (χ2v) is 4.61. The Balaban J connectivity index is 2.59. The van der Waals surface area contributed by atoms with Crippen molar-refractivity contribution in [2.24, 2.45) is 5.92 Å². The van der Waals surface area contributed by atoms with E-state index in [-0.39, 0.29) is 24.0 Å². The van der Waals surface area contributed by atoms with Crippen molar-refractivity contribution in [1.82, 2.24) is 10.6 Å². The number of amides is 1. The number of nitrogens with one attached hydrogen (secondary N) is 2. The maximum absolute atomic E-state index is 12.5. The van der Waals surface area contributed by atoms with E-state index < -0.39 is 0 Å². The molecule has 0 aromatic rings. The Hall–Kier alpha value is -0.640. The highest BCUT2D eigenvalue weighted by molar-refractivity contribution is 5.78. The van der Waals surface area contributed by atoms with Crippen LogP contribution in [0.5, 0.6) is 0 Å². The molecule has 3 nitrogen and oxygen atoms in total. The van der Waals surface area contributed by atoms with Crippen molar-refractivity contribution in [2.45, 2.75) is 38.6 Å². The van der Waals surface area contributed by atoms with E-state index in [9.17, 15) is 9.18 Å². The highest BCUT2D eigenvalue weighted by Gasteiger charge is 2.33. The predicted octanol–water partition coefficient (Wildman–Crippen LogP) is 1.24. The van der Waals surface area contributed by atoms with Crippen LogP contribution in [0.25, 0.3) is 0 Å². The van der Waals surface area contributed by atoms with Gasteiger partial charge in [-0.05, 0) is 32.4 Å². The van der Waals surface area contributed by atoms with Crippen LogP contribution in [0.15, 0.2) is 0 Å². The van der Waals surface area contributed by atoms with Crippen molar-refractivity contribution in [3.05, 3.63) is 0 Å². The summed E-state index contributed by atoms with van der Waals surface area (Å²) in [6.07, 6.45) is 2.10. The fourth-order valence-corrected chi connectivity index (χ4v) is 1.93. The quantitative estimate of drug-likeness (QED) is 0.742. The molecular weight excluding hydrogens is 195 g/mol. The van der Waals surface area contributed by atoms with Crippen molar-refractivity contribution in [1.29, 1.82) is 0 Å². The molecule has 0 aromatic carbocycles. The molecule has 1 amide bonds. The summed E-state index contributed by atoms with van der Waals surface area (Å²) in [5.74, 6) is 0.00159. The molecule has 0 aliphatic carbocycles. The molecule has 0 atom stereocenters. The van der Waals surface area contributed by atoms with Crippen molar-refractivity contribution >= 4 is 5.91 Å². The minimum Gasteiger partial charge on any atom is -0.350 e. The first-order chi connectivity index (χ1) is 7.09. The number of hydrogen-bond donors (Lipinski definition) is 2. The molecule has 0 radical (unpaired) electrons. The molecule has 0 unspecified atom stereocenters. The maximum Gasteiger partial charge on any atom is 0.222 e. The summed E-state index contributed by atoms with van der Waals surface area (Å²) >= 11 is 0. The van der Waals surface area contributed by atoms with Crippen LogP contribution in [0.4, 0.5) is 4.39 Å². The van der Waals surface area contributed by atoms with Gasteiger partial charge in [0.25, 0.3) is 0 Å². The zero-order valence-electron chi connectivity index (χ0n) is 9.61. The lowest BCUT2D eigenvalue weighted by molar-refractivity contribution is -0.126. The fraction of sp³-hybridized carbons (Fsp3) is 0.909. The third-order valence-corrected chi connectivity index (χ3v) is 3.05. The smallest absolute Gasteiger partial charge is 0.222 e. The van der Waals surface area contributed by atoms with Crippen LogP contribution in [-0.4, -0.2) is 31.2 Å². The maximum atomic E-state index is 12.5. The highest BCUT2D eigenvalue weighted by Crippen LogP contribution is 2.23. The van der Waals surface area contributed by atoms with E-state index in [1.807, 2.05) is 13.8 Å². The molecule has 15 heavy (non-hydrogen) atoms. The van der Waals surface area contributed by atoms with Gasteiger partial charge < -0.3 is 10.6 Å². The summed E-state index contributed by atoms with van der Waals surface area (Å²) < 4.78 is 12.5. The molecule has 1 heterocycles. The summed E-state index contributed by atoms with van der Waals surface area (Å²) in [4.78, 5) is 11.6. The Morgan fingerprint density at radius 2 is 2.07 bits per heavy atom. The molecule has 0 saturated carbocycles. The van der Waals surface area contributed by atoms with Gasteiger partial charge in [0, 0.05) is 11.5 Å². The Kier molecular flexibility index (Phi) is 4.51. The van der Waals surface area contributed by atoms with Crippen molar-refractivity contribution in [3.8, 4) is 0 Å². The molecule has 1 fully saturated rings. The first-order valence-corrected chi connectivity index (χ1v) is 5.68. The summed E-state index contributed by atoms with van der Waals surface area (Å²) in [5, 5.41) is 6.24. The third-order valence-electron chi connectivity index (χ3n) is 3.05. The summed E-state index contributed by atoms with van der Waals surface area (Å²) in [6.45, 7) is 5.08. The van der Waals surface area contributed by atoms with Crippen molar-refractivity contribution in [3.63, 3.8) is 0 Å². The normalized spacial score (nSPS) is 20.3. The van der Waals surface area contributed by atoms with Crippen LogP contribution >= 0.6 is 0 Å². The highest BCUT2D eigenvalue weighted by atomic mass is 19.1. The number of halogens is 1. The Labute approximate surface area is 90.8 Å². The molecule has 4 heteroatoms. The van der Waals surface area contributed by atoms with Crippen LogP contribution in [-0.2, 0) is 4.79 Å². The number of rotatable bonds is 4. The zero-order chi connectivity index (χ0) is 11.3. The van der Waals surface area contributed by atoms with Gasteiger partial charge in [0.2, 0.25) is 5.91 Å². The van der Waals surface area contributed by atoms with Gasteiger partial charge in [-0.15, -0.1) is 0 Å². The number of alkyl halides is 1. The fourth-order valence-electron chi connectivity index (χ4n) is 1.93. The Morgan fingerprint density at radius 3 is 2.53 bits per heavy atom. The van der Waals surface area contributed by atoms with Crippen LogP contribution in [0, 0.1) is 5.92 Å². The second kappa shape index (κ2) is 5.45. The van der Waals surface area contributed by atoms with Gasteiger partial charge >= 0.3 is 0 Å². The first kappa shape index (κ1) is 12.4. The molecule has 0 aromatic heterocycles. The van der Waals surface area contributed by atoms with Crippen LogP contribution in [0.1, 0.15) is 33.1 Å². The SMILES string of the molecule is CC(C)C(=O)NC1(CCF)CCNCC1. The average molecular weight is 216 g/mol. The number of hydrogen-bond acceptors (Lipinski definition) is 2. The van der Waals surface area contributed by atoms with Crippen molar-refractivity contribution < 1.29 is 9.18 Å². The van der Waals surface area contributed by atoms with E-state index in [2.05, 4.69) is 10.6 Å². The monoisotopic (exact) mass is 216 g/mol. The lowest BCUT2D eigenvalue weighted by Crippen LogP contribution is -2.55. The molecule has 0 spiro atoms. The van der Waals surface area contributed by atoms with Gasteiger partial charge in [-0.25, -0.2) is 0 Å². The zero-order valence-corrected chi connectivity index (χ0v) is 9.61. The molecule has 88 valence electrons. The summed E-state index contributed by atoms with van der Waals surface area (Å²) in [7, 11) is 0. The van der Waals surface area contributed by atoms with Crippen LogP contribution in [0.3, 0.4) is 0 Å². The van der Waals surface area contributed by atoms with Gasteiger partial charge in [-0.2, -0.15) is 0 Å². The molecule has 1 aliphatic heterocycles. The number of carbonyl (C=O) groups is 1. The minimum atomic E-state index is -0.363. The average Bonchev–Trinajstić information content (AvgIpc) is 2.19. The summed E-state index contributed by atoms with van der Waals surface area (Å²) in [6, 6.07) is 0. The molecule has 1 rings (SSSR count). The molecule has 1 aliphatic rings. The molecule has 1 saturated heterocycles. The lowest BCUT2D eigenvalue weighted by Gasteiger charge is -2.38. The Bertz CT molecular complexity index is 207. The van der Waals surface area contributed by atoms with Crippen LogP contribution in [0.2, 0.25) is 0 Å². The van der Waals surface area contributed by atoms with E-state index in [4.69, 9.17) is 0 Å². The molecule has 2 N–H and O–H groups in total. The topological polar surface area (TPSA) is 41.1 Å². The molecular formula is C11H21FN2O. The first-order valence-electron chi connectivity index (χ1n) is 5.68. The van der Waals surface area contributed by atoms with E-state index >= 15 is 0 Å². The van der Waals surface area contributed by atoms with E-state index in [0.717, 1.165) is 25.9 Å². The van der Waals surface area contributed by atoms with Gasteiger partial charge in [0.15, 0.2) is 0 Å². The third kappa shape index (κ3) is 3.45. The van der Waals surface area contributed by atoms with E-state index in [0.29, 0.717) is 6.42 Å². The van der Waals surface area contributed by atoms with Gasteiger partial charge in [0.05, 0.1) is 6.67 Å². The van der Waals surface area contributed by atoms with E-state index in [1.54, 1.807) is 0 Å². The number of piperidine rings is 1. The minimum absolute atomic E-state index is 0.0311. The van der Waals surface area contributed by atoms with E-state index in [1.165, 1.54) is 0 Å².